The van der Waals surface area contributed by atoms with Crippen LogP contribution in [0, 0.1) is 0 Å². The molecule has 1 heterocycles. The zero-order chi connectivity index (χ0) is 10.8. The Morgan fingerprint density at radius 3 is 2.67 bits per heavy atom. The first-order chi connectivity index (χ1) is 7.22. The smallest absolute Gasteiger partial charge is 0.247 e. The van der Waals surface area contributed by atoms with Crippen molar-refractivity contribution in [2.75, 3.05) is 6.54 Å². The largest absolute Gasteiger partial charge is 0.330 e. The van der Waals surface area contributed by atoms with E-state index in [0.29, 0.717) is 0 Å². The fourth-order valence-corrected chi connectivity index (χ4v) is 3.41. The minimum atomic E-state index is -2.34. The molecular formula is C11H15F2NS. The molecule has 84 valence electrons. The van der Waals surface area contributed by atoms with Crippen LogP contribution < -0.4 is 5.73 Å². The first kappa shape index (κ1) is 11.0. The van der Waals surface area contributed by atoms with Crippen LogP contribution in [0.2, 0.25) is 0 Å². The molecule has 1 atom stereocenters. The molecule has 0 aliphatic heterocycles. The van der Waals surface area contributed by atoms with E-state index >= 15 is 0 Å². The Morgan fingerprint density at radius 2 is 2.07 bits per heavy atom. The maximum Gasteiger partial charge on any atom is 0.247 e. The van der Waals surface area contributed by atoms with E-state index < -0.39 is 12.3 Å². The van der Waals surface area contributed by atoms with Crippen LogP contribution in [0.15, 0.2) is 6.07 Å². The van der Waals surface area contributed by atoms with Gasteiger partial charge in [0.25, 0.3) is 0 Å². The van der Waals surface area contributed by atoms with Crippen LogP contribution in [0.3, 0.4) is 0 Å². The molecule has 1 aromatic rings. The fourth-order valence-electron chi connectivity index (χ4n) is 2.04. The van der Waals surface area contributed by atoms with Crippen molar-refractivity contribution >= 4 is 11.3 Å². The minimum Gasteiger partial charge on any atom is -0.330 e. The van der Waals surface area contributed by atoms with E-state index in [1.54, 1.807) is 0 Å². The number of aryl methyl sites for hydroxylation is 2. The Kier molecular flexibility index (Phi) is 3.36. The van der Waals surface area contributed by atoms with Crippen molar-refractivity contribution < 1.29 is 8.78 Å². The molecular weight excluding hydrogens is 216 g/mol. The minimum absolute atomic E-state index is 0.0387. The number of fused-ring (bicyclic) bond motifs is 1. The summed E-state index contributed by atoms with van der Waals surface area (Å²) in [6, 6.07) is 1.95. The molecule has 4 heteroatoms. The van der Waals surface area contributed by atoms with Gasteiger partial charge in [-0.05, 0) is 37.3 Å². The quantitative estimate of drug-likeness (QED) is 0.850. The molecule has 0 aromatic carbocycles. The van der Waals surface area contributed by atoms with Crippen molar-refractivity contribution in [3.8, 4) is 0 Å². The normalized spacial score (nSPS) is 17.9. The lowest BCUT2D eigenvalue weighted by atomic mass is 9.98. The van der Waals surface area contributed by atoms with Gasteiger partial charge in [-0.15, -0.1) is 11.3 Å². The molecule has 1 nitrogen and oxygen atoms in total. The monoisotopic (exact) mass is 231 g/mol. The Balaban J connectivity index is 2.24. The number of halogens is 2. The molecule has 1 aliphatic carbocycles. The van der Waals surface area contributed by atoms with Crippen molar-refractivity contribution in [3.05, 3.63) is 21.4 Å². The van der Waals surface area contributed by atoms with Crippen LogP contribution in [0.5, 0.6) is 0 Å². The van der Waals surface area contributed by atoms with Gasteiger partial charge in [0.1, 0.15) is 0 Å². The molecule has 0 radical (unpaired) electrons. The van der Waals surface area contributed by atoms with Crippen LogP contribution in [0.4, 0.5) is 8.78 Å². The summed E-state index contributed by atoms with van der Waals surface area (Å²) in [4.78, 5) is 2.08. The maximum absolute atomic E-state index is 12.7. The van der Waals surface area contributed by atoms with Crippen LogP contribution >= 0.6 is 11.3 Å². The van der Waals surface area contributed by atoms with E-state index in [2.05, 4.69) is 0 Å². The standard InChI is InChI=1S/C11H15F2NS/c12-11(13)8(6-14)10-5-7-3-1-2-4-9(7)15-10/h5,8,11H,1-4,6,14H2. The predicted molar refractivity (Wildman–Crippen MR) is 58.8 cm³/mol. The third kappa shape index (κ3) is 2.21. The van der Waals surface area contributed by atoms with E-state index in [1.165, 1.54) is 34.6 Å². The van der Waals surface area contributed by atoms with Gasteiger partial charge in [-0.1, -0.05) is 0 Å². The van der Waals surface area contributed by atoms with Crippen LogP contribution in [0.1, 0.15) is 34.1 Å². The highest BCUT2D eigenvalue weighted by atomic mass is 32.1. The fraction of sp³-hybridized carbons (Fsp3) is 0.636. The number of hydrogen-bond acceptors (Lipinski definition) is 2. The zero-order valence-electron chi connectivity index (χ0n) is 8.51. The molecule has 2 rings (SSSR count). The van der Waals surface area contributed by atoms with E-state index in [1.807, 2.05) is 6.07 Å². The summed E-state index contributed by atoms with van der Waals surface area (Å²) in [6.07, 6.45) is 2.14. The van der Waals surface area contributed by atoms with Gasteiger partial charge in [0, 0.05) is 16.3 Å². The second-order valence-corrected chi connectivity index (χ2v) is 5.15. The first-order valence-electron chi connectivity index (χ1n) is 5.32. The number of alkyl halides is 2. The second kappa shape index (κ2) is 4.58. The molecule has 0 amide bonds. The molecule has 1 aromatic heterocycles. The SMILES string of the molecule is NCC(c1cc2c(s1)CCCC2)C(F)F. The van der Waals surface area contributed by atoms with Crippen LogP contribution in [-0.4, -0.2) is 13.0 Å². The summed E-state index contributed by atoms with van der Waals surface area (Å²) in [7, 11) is 0. The Hall–Kier alpha value is -0.480. The average Bonchev–Trinajstić information content (AvgIpc) is 2.61. The number of hydrogen-bond donors (Lipinski definition) is 1. The molecule has 0 bridgehead atoms. The van der Waals surface area contributed by atoms with Gasteiger partial charge >= 0.3 is 0 Å². The highest BCUT2D eigenvalue weighted by Gasteiger charge is 2.24. The highest BCUT2D eigenvalue weighted by Crippen LogP contribution is 2.35. The Morgan fingerprint density at radius 1 is 1.33 bits per heavy atom. The van der Waals surface area contributed by atoms with Gasteiger partial charge in [-0.2, -0.15) is 0 Å². The predicted octanol–water partition coefficient (Wildman–Crippen LogP) is 2.93. The third-order valence-electron chi connectivity index (χ3n) is 2.94. The van der Waals surface area contributed by atoms with Crippen molar-refractivity contribution in [3.63, 3.8) is 0 Å². The number of nitrogens with two attached hydrogens (primary N) is 1. The maximum atomic E-state index is 12.7. The lowest BCUT2D eigenvalue weighted by Crippen LogP contribution is -2.18. The Labute approximate surface area is 92.3 Å². The van der Waals surface area contributed by atoms with Crippen molar-refractivity contribution in [1.29, 1.82) is 0 Å². The molecule has 0 spiro atoms. The van der Waals surface area contributed by atoms with Gasteiger partial charge in [-0.25, -0.2) is 8.78 Å². The second-order valence-electron chi connectivity index (χ2n) is 3.98. The van der Waals surface area contributed by atoms with Crippen molar-refractivity contribution in [2.24, 2.45) is 5.73 Å². The summed E-state index contributed by atoms with van der Waals surface area (Å²) in [5.41, 5.74) is 6.67. The van der Waals surface area contributed by atoms with E-state index in [4.69, 9.17) is 5.73 Å². The van der Waals surface area contributed by atoms with Gasteiger partial charge < -0.3 is 5.73 Å². The first-order valence-corrected chi connectivity index (χ1v) is 6.13. The van der Waals surface area contributed by atoms with Gasteiger partial charge in [0.2, 0.25) is 6.43 Å². The van der Waals surface area contributed by atoms with Crippen molar-refractivity contribution in [1.82, 2.24) is 0 Å². The highest BCUT2D eigenvalue weighted by molar-refractivity contribution is 7.12. The molecule has 2 N–H and O–H groups in total. The topological polar surface area (TPSA) is 26.0 Å². The van der Waals surface area contributed by atoms with Crippen molar-refractivity contribution in [2.45, 2.75) is 38.0 Å². The molecule has 1 unspecified atom stereocenters. The van der Waals surface area contributed by atoms with Gasteiger partial charge in [0.15, 0.2) is 0 Å². The Bertz CT molecular complexity index is 312. The molecule has 0 saturated carbocycles. The number of rotatable bonds is 3. The number of thiophene rings is 1. The van der Waals surface area contributed by atoms with E-state index in [0.717, 1.165) is 17.7 Å². The van der Waals surface area contributed by atoms with Crippen LogP contribution in [0.25, 0.3) is 0 Å². The summed E-state index contributed by atoms with van der Waals surface area (Å²) >= 11 is 1.54. The summed E-state index contributed by atoms with van der Waals surface area (Å²) in [5.74, 6) is -0.763. The summed E-state index contributed by atoms with van der Waals surface area (Å²) in [5, 5.41) is 0. The molecule has 0 saturated heterocycles. The molecule has 1 aliphatic rings. The third-order valence-corrected chi connectivity index (χ3v) is 4.31. The lowest BCUT2D eigenvalue weighted by Gasteiger charge is -2.10. The zero-order valence-corrected chi connectivity index (χ0v) is 9.33. The lowest BCUT2D eigenvalue weighted by molar-refractivity contribution is 0.118. The average molecular weight is 231 g/mol. The van der Waals surface area contributed by atoms with Gasteiger partial charge in [-0.3, -0.25) is 0 Å². The van der Waals surface area contributed by atoms with Crippen LogP contribution in [-0.2, 0) is 12.8 Å². The molecule has 0 fully saturated rings. The summed E-state index contributed by atoms with van der Waals surface area (Å²) in [6.45, 7) is 0.0387. The summed E-state index contributed by atoms with van der Waals surface area (Å²) < 4.78 is 25.4. The van der Waals surface area contributed by atoms with E-state index in [-0.39, 0.29) is 6.54 Å². The van der Waals surface area contributed by atoms with E-state index in [9.17, 15) is 8.78 Å². The van der Waals surface area contributed by atoms with Gasteiger partial charge in [0.05, 0.1) is 5.92 Å². The molecule has 15 heavy (non-hydrogen) atoms.